The van der Waals surface area contributed by atoms with Crippen LogP contribution in [0.5, 0.6) is 0 Å². The summed E-state index contributed by atoms with van der Waals surface area (Å²) in [4.78, 5) is 4.11. The molecule has 1 atom stereocenters. The van der Waals surface area contributed by atoms with E-state index >= 15 is 0 Å². The molecule has 1 aromatic carbocycles. The number of pyridine rings is 1. The van der Waals surface area contributed by atoms with Crippen LogP contribution in [0.15, 0.2) is 53.9 Å². The second-order valence-electron chi connectivity index (χ2n) is 6.51. The predicted molar refractivity (Wildman–Crippen MR) is 104 cm³/mol. The molecule has 4 rings (SSSR count). The summed E-state index contributed by atoms with van der Waals surface area (Å²) in [7, 11) is 0. The molecule has 1 saturated heterocycles. The van der Waals surface area contributed by atoms with Gasteiger partial charge in [0.2, 0.25) is 0 Å². The van der Waals surface area contributed by atoms with Crippen LogP contribution >= 0.6 is 11.8 Å². The van der Waals surface area contributed by atoms with Crippen LogP contribution in [0.3, 0.4) is 0 Å². The van der Waals surface area contributed by atoms with Crippen LogP contribution in [-0.2, 0) is 4.74 Å². The number of hydrogen-bond acceptors (Lipinski definition) is 5. The molecule has 1 aliphatic heterocycles. The third-order valence-electron chi connectivity index (χ3n) is 4.54. The van der Waals surface area contributed by atoms with Crippen LogP contribution in [0, 0.1) is 6.92 Å². The Morgan fingerprint density at radius 2 is 1.88 bits per heavy atom. The van der Waals surface area contributed by atoms with Crippen LogP contribution in [0.4, 0.5) is 0 Å². The van der Waals surface area contributed by atoms with E-state index in [0.717, 1.165) is 41.0 Å². The van der Waals surface area contributed by atoms with Gasteiger partial charge < -0.3 is 4.74 Å². The molecule has 134 valence electrons. The summed E-state index contributed by atoms with van der Waals surface area (Å²) >= 11 is 1.72. The van der Waals surface area contributed by atoms with E-state index in [1.807, 2.05) is 12.1 Å². The van der Waals surface area contributed by atoms with Crippen molar-refractivity contribution in [1.82, 2.24) is 19.7 Å². The highest BCUT2D eigenvalue weighted by Crippen LogP contribution is 2.29. The highest BCUT2D eigenvalue weighted by molar-refractivity contribution is 7.99. The molecule has 0 spiro atoms. The lowest BCUT2D eigenvalue weighted by Gasteiger charge is -2.22. The first kappa shape index (κ1) is 17.2. The summed E-state index contributed by atoms with van der Waals surface area (Å²) in [5.74, 6) is 1.74. The van der Waals surface area contributed by atoms with E-state index in [1.54, 1.807) is 24.2 Å². The summed E-state index contributed by atoms with van der Waals surface area (Å²) in [6.07, 6.45) is 7.42. The Morgan fingerprint density at radius 3 is 2.62 bits per heavy atom. The van der Waals surface area contributed by atoms with Crippen molar-refractivity contribution in [3.8, 4) is 17.1 Å². The Hall–Kier alpha value is -2.18. The van der Waals surface area contributed by atoms with Crippen LogP contribution < -0.4 is 0 Å². The fraction of sp³-hybridized carbons (Fsp3) is 0.350. The zero-order chi connectivity index (χ0) is 17.8. The molecule has 1 aliphatic rings. The van der Waals surface area contributed by atoms with Gasteiger partial charge in [0.15, 0.2) is 11.0 Å². The fourth-order valence-electron chi connectivity index (χ4n) is 3.08. The average Bonchev–Trinajstić information content (AvgIpc) is 3.12. The van der Waals surface area contributed by atoms with Gasteiger partial charge in [-0.3, -0.25) is 9.55 Å². The minimum Gasteiger partial charge on any atom is -0.377 e. The Morgan fingerprint density at radius 1 is 1.08 bits per heavy atom. The lowest BCUT2D eigenvalue weighted by Crippen LogP contribution is -2.21. The topological polar surface area (TPSA) is 52.8 Å². The predicted octanol–water partition coefficient (Wildman–Crippen LogP) is 4.30. The van der Waals surface area contributed by atoms with Gasteiger partial charge in [0.25, 0.3) is 0 Å². The van der Waals surface area contributed by atoms with Crippen LogP contribution in [0.25, 0.3) is 17.1 Å². The third-order valence-corrected chi connectivity index (χ3v) is 5.60. The van der Waals surface area contributed by atoms with Crippen molar-refractivity contribution in [2.75, 3.05) is 12.4 Å². The summed E-state index contributed by atoms with van der Waals surface area (Å²) in [5.41, 5.74) is 3.31. The van der Waals surface area contributed by atoms with Gasteiger partial charge in [0, 0.05) is 36.0 Å². The number of hydrogen-bond donors (Lipinski definition) is 0. The maximum Gasteiger partial charge on any atom is 0.196 e. The lowest BCUT2D eigenvalue weighted by molar-refractivity contribution is 0.0315. The first-order chi connectivity index (χ1) is 12.8. The van der Waals surface area contributed by atoms with Crippen molar-refractivity contribution in [3.05, 3.63) is 54.4 Å². The number of ether oxygens (including phenoxy) is 1. The molecule has 0 bridgehead atoms. The van der Waals surface area contributed by atoms with Crippen LogP contribution in [0.1, 0.15) is 24.8 Å². The molecule has 1 fully saturated rings. The second kappa shape index (κ2) is 8.01. The first-order valence-electron chi connectivity index (χ1n) is 8.98. The van der Waals surface area contributed by atoms with Gasteiger partial charge in [0.05, 0.1) is 6.10 Å². The number of rotatable bonds is 5. The number of aryl methyl sites for hydroxylation is 1. The summed E-state index contributed by atoms with van der Waals surface area (Å²) in [6, 6.07) is 12.4. The average molecular weight is 366 g/mol. The largest absolute Gasteiger partial charge is 0.377 e. The molecule has 5 nitrogen and oxygen atoms in total. The quantitative estimate of drug-likeness (QED) is 0.630. The SMILES string of the molecule is Cc1ccc(-n2c(SC[C@H]3CCCCO3)nnc2-c2ccncc2)cc1. The smallest absolute Gasteiger partial charge is 0.196 e. The number of thioether (sulfide) groups is 1. The van der Waals surface area contributed by atoms with Crippen LogP contribution in [-0.4, -0.2) is 38.2 Å². The third kappa shape index (κ3) is 3.81. The molecule has 0 amide bonds. The maximum absolute atomic E-state index is 5.87. The Kier molecular flexibility index (Phi) is 5.32. The monoisotopic (exact) mass is 366 g/mol. The Bertz CT molecular complexity index is 842. The van der Waals surface area contributed by atoms with E-state index in [-0.39, 0.29) is 0 Å². The van der Waals surface area contributed by atoms with Gasteiger partial charge in [-0.05, 0) is 50.5 Å². The number of nitrogens with zero attached hydrogens (tertiary/aromatic N) is 4. The van der Waals surface area contributed by atoms with Crippen molar-refractivity contribution in [2.45, 2.75) is 37.4 Å². The lowest BCUT2D eigenvalue weighted by atomic mass is 10.1. The molecule has 0 radical (unpaired) electrons. The first-order valence-corrected chi connectivity index (χ1v) is 9.97. The highest BCUT2D eigenvalue weighted by atomic mass is 32.2. The summed E-state index contributed by atoms with van der Waals surface area (Å²) in [5, 5.41) is 9.85. The van der Waals surface area contributed by atoms with Crippen molar-refractivity contribution < 1.29 is 4.74 Å². The minimum atomic E-state index is 0.307. The van der Waals surface area contributed by atoms with E-state index in [0.29, 0.717) is 6.10 Å². The molecule has 26 heavy (non-hydrogen) atoms. The summed E-state index contributed by atoms with van der Waals surface area (Å²) in [6.45, 7) is 2.97. The van der Waals surface area contributed by atoms with Crippen molar-refractivity contribution in [2.24, 2.45) is 0 Å². The number of aromatic nitrogens is 4. The van der Waals surface area contributed by atoms with Crippen molar-refractivity contribution in [1.29, 1.82) is 0 Å². The van der Waals surface area contributed by atoms with Gasteiger partial charge in [-0.1, -0.05) is 29.5 Å². The zero-order valence-corrected chi connectivity index (χ0v) is 15.7. The molecule has 0 aliphatic carbocycles. The molecule has 3 aromatic rings. The second-order valence-corrected chi connectivity index (χ2v) is 7.50. The van der Waals surface area contributed by atoms with E-state index in [2.05, 4.69) is 50.9 Å². The van der Waals surface area contributed by atoms with Gasteiger partial charge >= 0.3 is 0 Å². The van der Waals surface area contributed by atoms with Crippen LogP contribution in [0.2, 0.25) is 0 Å². The molecule has 0 unspecified atom stereocenters. The molecule has 2 aromatic heterocycles. The summed E-state index contributed by atoms with van der Waals surface area (Å²) < 4.78 is 7.99. The van der Waals surface area contributed by atoms with Gasteiger partial charge in [0.1, 0.15) is 0 Å². The standard InChI is InChI=1S/C20H22N4OS/c1-15-5-7-17(8-6-15)24-19(16-9-11-21-12-10-16)22-23-20(24)26-14-18-4-2-3-13-25-18/h5-12,18H,2-4,13-14H2,1H3/t18-/m1/s1. The number of benzene rings is 1. The normalized spacial score (nSPS) is 17.3. The van der Waals surface area contributed by atoms with Gasteiger partial charge in [-0.2, -0.15) is 0 Å². The molecular formula is C20H22N4OS. The highest BCUT2D eigenvalue weighted by Gasteiger charge is 2.19. The molecule has 0 saturated carbocycles. The van der Waals surface area contributed by atoms with Gasteiger partial charge in [-0.15, -0.1) is 10.2 Å². The van der Waals surface area contributed by atoms with E-state index in [4.69, 9.17) is 4.74 Å². The Balaban J connectivity index is 1.67. The van der Waals surface area contributed by atoms with E-state index in [9.17, 15) is 0 Å². The van der Waals surface area contributed by atoms with E-state index < -0.39 is 0 Å². The van der Waals surface area contributed by atoms with E-state index in [1.165, 1.54) is 18.4 Å². The molecular weight excluding hydrogens is 344 g/mol. The fourth-order valence-corrected chi connectivity index (χ4v) is 4.10. The minimum absolute atomic E-state index is 0.307. The van der Waals surface area contributed by atoms with Gasteiger partial charge in [-0.25, -0.2) is 0 Å². The maximum atomic E-state index is 5.87. The zero-order valence-electron chi connectivity index (χ0n) is 14.8. The van der Waals surface area contributed by atoms with Crippen molar-refractivity contribution >= 4 is 11.8 Å². The molecule has 6 heteroatoms. The molecule has 0 N–H and O–H groups in total. The molecule has 3 heterocycles. The van der Waals surface area contributed by atoms with Crippen molar-refractivity contribution in [3.63, 3.8) is 0 Å². The Labute approximate surface area is 157 Å².